The number of nitro groups is 1. The van der Waals surface area contributed by atoms with Crippen LogP contribution in [0.4, 0.5) is 5.69 Å². The Morgan fingerprint density at radius 3 is 2.17 bits per heavy atom. The smallest absolute Gasteiger partial charge is 0.269 e. The zero-order valence-corrected chi connectivity index (χ0v) is 19.5. The van der Waals surface area contributed by atoms with E-state index in [1.54, 1.807) is 48.5 Å². The van der Waals surface area contributed by atoms with Crippen LogP contribution in [-0.2, 0) is 10.0 Å². The van der Waals surface area contributed by atoms with Crippen molar-refractivity contribution in [2.75, 3.05) is 13.1 Å². The van der Waals surface area contributed by atoms with Gasteiger partial charge in [0.15, 0.2) is 5.78 Å². The monoisotopic (exact) mass is 491 g/mol. The van der Waals surface area contributed by atoms with Crippen LogP contribution in [0.1, 0.15) is 33.2 Å². The Labute approximate surface area is 201 Å². The third kappa shape index (κ3) is 4.43. The lowest BCUT2D eigenvalue weighted by Crippen LogP contribution is -2.43. The van der Waals surface area contributed by atoms with Gasteiger partial charge in [-0.1, -0.05) is 48.5 Å². The van der Waals surface area contributed by atoms with Gasteiger partial charge in [0.1, 0.15) is 5.70 Å². The Morgan fingerprint density at radius 1 is 0.914 bits per heavy atom. The predicted molar refractivity (Wildman–Crippen MR) is 129 cm³/mol. The van der Waals surface area contributed by atoms with E-state index in [0.717, 1.165) is 4.31 Å². The topological polar surface area (TPSA) is 127 Å². The molecule has 0 aliphatic carbocycles. The molecule has 3 aromatic carbocycles. The van der Waals surface area contributed by atoms with Gasteiger partial charge in [-0.15, -0.1) is 0 Å². The van der Waals surface area contributed by atoms with Crippen molar-refractivity contribution in [2.45, 2.75) is 11.8 Å². The molecule has 0 fully saturated rings. The Balaban J connectivity index is 1.87. The number of nitrogens with one attached hydrogen (secondary N) is 1. The Morgan fingerprint density at radius 2 is 1.54 bits per heavy atom. The van der Waals surface area contributed by atoms with Gasteiger partial charge in [-0.2, -0.15) is 0 Å². The average molecular weight is 492 g/mol. The third-order valence-electron chi connectivity index (χ3n) is 5.50. The van der Waals surface area contributed by atoms with Gasteiger partial charge in [-0.3, -0.25) is 24.0 Å². The lowest BCUT2D eigenvalue weighted by atomic mass is 10.0. The maximum absolute atomic E-state index is 13.7. The summed E-state index contributed by atoms with van der Waals surface area (Å²) < 4.78 is 28.2. The van der Waals surface area contributed by atoms with Crippen LogP contribution < -0.4 is 5.32 Å². The molecule has 0 amide bonds. The average Bonchev–Trinajstić information content (AvgIpc) is 2.87. The highest BCUT2D eigenvalue weighted by Gasteiger charge is 2.41. The lowest BCUT2D eigenvalue weighted by Gasteiger charge is -2.33. The second kappa shape index (κ2) is 9.51. The molecule has 0 bridgehead atoms. The normalized spacial score (nSPS) is 14.3. The van der Waals surface area contributed by atoms with Gasteiger partial charge in [0.2, 0.25) is 5.78 Å². The molecule has 1 aliphatic rings. The minimum absolute atomic E-state index is 0.0305. The number of rotatable bonds is 8. The van der Waals surface area contributed by atoms with Crippen molar-refractivity contribution in [3.8, 4) is 0 Å². The van der Waals surface area contributed by atoms with E-state index in [1.807, 2.05) is 6.92 Å². The summed E-state index contributed by atoms with van der Waals surface area (Å²) in [4.78, 5) is 37.1. The first kappa shape index (κ1) is 23.8. The van der Waals surface area contributed by atoms with Crippen LogP contribution in [0.15, 0.2) is 89.5 Å². The van der Waals surface area contributed by atoms with E-state index < -0.39 is 33.1 Å². The number of fused-ring (bicyclic) bond motifs is 1. The fourth-order valence-electron chi connectivity index (χ4n) is 3.85. The van der Waals surface area contributed by atoms with Gasteiger partial charge in [0.25, 0.3) is 15.7 Å². The molecular formula is C25H21N3O6S. The van der Waals surface area contributed by atoms with E-state index >= 15 is 0 Å². The summed E-state index contributed by atoms with van der Waals surface area (Å²) in [6.45, 7) is 1.56. The van der Waals surface area contributed by atoms with E-state index in [4.69, 9.17) is 0 Å². The number of hydrogen-bond donors (Lipinski definition) is 1. The minimum atomic E-state index is -4.28. The van der Waals surface area contributed by atoms with E-state index in [0.29, 0.717) is 17.8 Å². The van der Waals surface area contributed by atoms with Crippen LogP contribution in [0.2, 0.25) is 0 Å². The van der Waals surface area contributed by atoms with Crippen molar-refractivity contribution in [3.05, 3.63) is 111 Å². The molecule has 0 saturated carbocycles. The number of benzene rings is 3. The van der Waals surface area contributed by atoms with Gasteiger partial charge < -0.3 is 5.32 Å². The Bertz CT molecular complexity index is 1450. The van der Waals surface area contributed by atoms with E-state index in [9.17, 15) is 28.1 Å². The summed E-state index contributed by atoms with van der Waals surface area (Å²) in [5.74, 6) is -1.17. The zero-order valence-electron chi connectivity index (χ0n) is 18.7. The van der Waals surface area contributed by atoms with Crippen molar-refractivity contribution in [1.82, 2.24) is 9.62 Å². The van der Waals surface area contributed by atoms with Crippen molar-refractivity contribution in [3.63, 3.8) is 0 Å². The van der Waals surface area contributed by atoms with E-state index in [-0.39, 0.29) is 27.4 Å². The number of sulfonamides is 1. The van der Waals surface area contributed by atoms with Crippen LogP contribution in [0.25, 0.3) is 5.70 Å². The first-order chi connectivity index (χ1) is 16.8. The maximum atomic E-state index is 13.7. The van der Waals surface area contributed by atoms with Crippen molar-refractivity contribution >= 4 is 33.0 Å². The number of nitrogens with zero attached hydrogens (tertiary/aromatic N) is 2. The molecule has 4 rings (SSSR count). The maximum Gasteiger partial charge on any atom is 0.269 e. The summed E-state index contributed by atoms with van der Waals surface area (Å²) in [5, 5.41) is 14.0. The van der Waals surface area contributed by atoms with Crippen LogP contribution in [-0.4, -0.2) is 42.3 Å². The van der Waals surface area contributed by atoms with E-state index in [2.05, 4.69) is 5.32 Å². The predicted octanol–water partition coefficient (Wildman–Crippen LogP) is 3.64. The molecule has 1 heterocycles. The third-order valence-corrected chi connectivity index (χ3v) is 7.31. The van der Waals surface area contributed by atoms with Crippen LogP contribution in [0.5, 0.6) is 0 Å². The fourth-order valence-corrected chi connectivity index (χ4v) is 5.49. The van der Waals surface area contributed by atoms with Gasteiger partial charge in [-0.05, 0) is 25.1 Å². The SMILES string of the molecule is CCNC1=C(C(=O)c2ccccc2)N(CC(=O)c2ccc([N+](=O)[O-])cc2)S(=O)(=O)c2ccccc21. The second-order valence-electron chi connectivity index (χ2n) is 7.68. The van der Waals surface area contributed by atoms with Crippen molar-refractivity contribution in [2.24, 2.45) is 0 Å². The minimum Gasteiger partial charge on any atom is -0.383 e. The molecule has 0 spiro atoms. The molecule has 0 saturated heterocycles. The number of carbonyl (C=O) groups is 2. The number of nitro benzene ring substituents is 1. The highest BCUT2D eigenvalue weighted by Crippen LogP contribution is 2.37. The number of non-ortho nitro benzene ring substituents is 1. The van der Waals surface area contributed by atoms with Crippen LogP contribution in [0, 0.1) is 10.1 Å². The molecule has 1 N–H and O–H groups in total. The van der Waals surface area contributed by atoms with Crippen molar-refractivity contribution in [1.29, 1.82) is 0 Å². The molecule has 10 heteroatoms. The van der Waals surface area contributed by atoms with E-state index in [1.165, 1.54) is 30.3 Å². The van der Waals surface area contributed by atoms with Crippen molar-refractivity contribution < 1.29 is 22.9 Å². The molecular weight excluding hydrogens is 470 g/mol. The molecule has 0 atom stereocenters. The molecule has 9 nitrogen and oxygen atoms in total. The first-order valence-corrected chi connectivity index (χ1v) is 12.2. The van der Waals surface area contributed by atoms with Gasteiger partial charge >= 0.3 is 0 Å². The molecule has 1 aliphatic heterocycles. The number of ketones is 2. The quantitative estimate of drug-likeness (QED) is 0.289. The van der Waals surface area contributed by atoms with Crippen LogP contribution in [0.3, 0.4) is 0 Å². The molecule has 0 aromatic heterocycles. The molecule has 35 heavy (non-hydrogen) atoms. The standard InChI is InChI=1S/C25H21N3O6S/c1-2-26-23-20-10-6-7-11-22(20)35(33,34)27(24(23)25(30)18-8-4-3-5-9-18)16-21(29)17-12-14-19(15-13-17)28(31)32/h3-15,26H,2,16H2,1H3. The summed E-state index contributed by atoms with van der Waals surface area (Å²) in [7, 11) is -4.28. The number of hydrogen-bond acceptors (Lipinski definition) is 7. The summed E-state index contributed by atoms with van der Waals surface area (Å²) >= 11 is 0. The molecule has 0 radical (unpaired) electrons. The van der Waals surface area contributed by atoms with Gasteiger partial charge in [-0.25, -0.2) is 8.42 Å². The van der Waals surface area contributed by atoms with Crippen LogP contribution >= 0.6 is 0 Å². The molecule has 178 valence electrons. The highest BCUT2D eigenvalue weighted by atomic mass is 32.2. The summed E-state index contributed by atoms with van der Waals surface area (Å²) in [6.07, 6.45) is 0. The summed E-state index contributed by atoms with van der Waals surface area (Å²) in [5.41, 5.74) is 0.639. The zero-order chi connectivity index (χ0) is 25.2. The highest BCUT2D eigenvalue weighted by molar-refractivity contribution is 7.89. The number of allylic oxidation sites excluding steroid dienone is 1. The lowest BCUT2D eigenvalue weighted by molar-refractivity contribution is -0.384. The van der Waals surface area contributed by atoms with Gasteiger partial charge in [0.05, 0.1) is 22.1 Å². The number of carbonyl (C=O) groups excluding carboxylic acids is 2. The largest absolute Gasteiger partial charge is 0.383 e. The van der Waals surface area contributed by atoms with Gasteiger partial charge in [0, 0.05) is 35.4 Å². The first-order valence-electron chi connectivity index (χ1n) is 10.7. The number of Topliss-reactive ketones (excluding diaryl/α,β-unsaturated/α-hetero) is 2. The molecule has 3 aromatic rings. The molecule has 0 unspecified atom stereocenters. The fraction of sp³-hybridized carbons (Fsp3) is 0.120. The summed E-state index contributed by atoms with van der Waals surface area (Å²) in [6, 6.07) is 19.4. The Hall–Kier alpha value is -4.31. The second-order valence-corrected chi connectivity index (χ2v) is 9.51. The Kier molecular flexibility index (Phi) is 6.48.